The molecule has 0 bridgehead atoms. The monoisotopic (exact) mass is 306 g/mol. The van der Waals surface area contributed by atoms with Gasteiger partial charge in [-0.05, 0) is 31.2 Å². The van der Waals surface area contributed by atoms with Gasteiger partial charge in [0.25, 0.3) is 0 Å². The number of aromatic carboxylic acids is 1. The Morgan fingerprint density at radius 3 is 2.45 bits per heavy atom. The number of aliphatic hydroxyl groups is 1. The fraction of sp³-hybridized carbons (Fsp3) is 0.200. The van der Waals surface area contributed by atoms with Crippen molar-refractivity contribution in [3.63, 3.8) is 0 Å². The molecule has 0 aliphatic carbocycles. The summed E-state index contributed by atoms with van der Waals surface area (Å²) in [7, 11) is 0. The number of carbonyl (C=O) groups is 1. The minimum atomic E-state index is -1.37. The highest BCUT2D eigenvalue weighted by Crippen LogP contribution is 2.27. The van der Waals surface area contributed by atoms with Gasteiger partial charge in [-0.15, -0.1) is 0 Å². The highest BCUT2D eigenvalue weighted by atomic mass is 19.1. The molecule has 2 aromatic rings. The maximum Gasteiger partial charge on any atom is 0.358 e. The summed E-state index contributed by atoms with van der Waals surface area (Å²) in [5.41, 5.74) is 1.14. The van der Waals surface area contributed by atoms with E-state index in [4.69, 9.17) is 5.11 Å². The maximum absolute atomic E-state index is 12.8. The molecule has 0 amide bonds. The molecule has 0 atom stereocenters. The van der Waals surface area contributed by atoms with Gasteiger partial charge in [0, 0.05) is 29.1 Å². The van der Waals surface area contributed by atoms with E-state index in [2.05, 4.69) is 10.3 Å². The number of nitrogens with one attached hydrogen (secondary N) is 1. The van der Waals surface area contributed by atoms with Crippen molar-refractivity contribution in [1.82, 2.24) is 4.98 Å². The Balaban J connectivity index is 2.32. The first-order valence-electron chi connectivity index (χ1n) is 6.49. The van der Waals surface area contributed by atoms with Gasteiger partial charge in [-0.3, -0.25) is 0 Å². The molecule has 7 heteroatoms. The fourth-order valence-corrected chi connectivity index (χ4v) is 2.10. The van der Waals surface area contributed by atoms with Crippen molar-refractivity contribution < 1.29 is 24.5 Å². The molecule has 6 nitrogen and oxygen atoms in total. The van der Waals surface area contributed by atoms with Crippen LogP contribution in [0.15, 0.2) is 24.3 Å². The van der Waals surface area contributed by atoms with Crippen molar-refractivity contribution in [2.24, 2.45) is 0 Å². The van der Waals surface area contributed by atoms with Gasteiger partial charge in [-0.1, -0.05) is 0 Å². The zero-order valence-corrected chi connectivity index (χ0v) is 11.8. The molecule has 1 aromatic carbocycles. The number of aliphatic hydroxyl groups excluding tert-OH is 1. The Morgan fingerprint density at radius 2 is 1.91 bits per heavy atom. The number of pyridine rings is 1. The number of rotatable bonds is 5. The van der Waals surface area contributed by atoms with Crippen LogP contribution >= 0.6 is 0 Å². The van der Waals surface area contributed by atoms with Crippen molar-refractivity contribution >= 4 is 11.7 Å². The number of benzene rings is 1. The number of anilines is 1. The van der Waals surface area contributed by atoms with Gasteiger partial charge in [0.05, 0.1) is 6.61 Å². The second-order valence-corrected chi connectivity index (χ2v) is 4.68. The van der Waals surface area contributed by atoms with E-state index in [1.807, 2.05) is 0 Å². The fourth-order valence-electron chi connectivity index (χ4n) is 2.10. The third-order valence-electron chi connectivity index (χ3n) is 3.26. The number of aromatic hydroxyl groups is 1. The molecular weight excluding hydrogens is 291 g/mol. The third-order valence-corrected chi connectivity index (χ3v) is 3.26. The van der Waals surface area contributed by atoms with Gasteiger partial charge in [0.2, 0.25) is 0 Å². The molecule has 4 N–H and O–H groups in total. The van der Waals surface area contributed by atoms with Crippen molar-refractivity contribution in [2.75, 3.05) is 5.32 Å². The minimum absolute atomic E-state index is 0.111. The van der Waals surface area contributed by atoms with Crippen LogP contribution in [0.2, 0.25) is 0 Å². The molecule has 0 saturated carbocycles. The zero-order valence-electron chi connectivity index (χ0n) is 11.8. The standard InChI is InChI=1S/C15H15FN2O4/c1-8-11(6-17-10-4-2-9(16)3-5-10)12(7-19)14(20)13(18-8)15(21)22/h2-5,17,19-20H,6-7H2,1H3,(H,21,22). The molecule has 116 valence electrons. The van der Waals surface area contributed by atoms with Gasteiger partial charge in [-0.25, -0.2) is 14.2 Å². The molecule has 1 heterocycles. The summed E-state index contributed by atoms with van der Waals surface area (Å²) in [6.45, 7) is 1.27. The Kier molecular flexibility index (Phi) is 4.57. The summed E-state index contributed by atoms with van der Waals surface area (Å²) in [6, 6.07) is 5.68. The zero-order chi connectivity index (χ0) is 16.3. The third kappa shape index (κ3) is 3.15. The van der Waals surface area contributed by atoms with Gasteiger partial charge in [-0.2, -0.15) is 0 Å². The summed E-state index contributed by atoms with van der Waals surface area (Å²) in [6.07, 6.45) is 0. The first-order chi connectivity index (χ1) is 10.4. The van der Waals surface area contributed by atoms with Crippen molar-refractivity contribution in [3.05, 3.63) is 52.6 Å². The number of carboxylic acids is 1. The lowest BCUT2D eigenvalue weighted by atomic mass is 10.0. The highest BCUT2D eigenvalue weighted by molar-refractivity contribution is 5.89. The number of hydrogen-bond acceptors (Lipinski definition) is 5. The van der Waals surface area contributed by atoms with Crippen LogP contribution in [-0.2, 0) is 13.2 Å². The topological polar surface area (TPSA) is 103 Å². The first-order valence-corrected chi connectivity index (χ1v) is 6.49. The Labute approximate surface area is 125 Å². The van der Waals surface area contributed by atoms with E-state index in [-0.39, 0.29) is 17.9 Å². The molecule has 0 aliphatic heterocycles. The van der Waals surface area contributed by atoms with E-state index in [0.717, 1.165) is 0 Å². The van der Waals surface area contributed by atoms with E-state index in [0.29, 0.717) is 16.9 Å². The van der Waals surface area contributed by atoms with Crippen molar-refractivity contribution in [2.45, 2.75) is 20.1 Å². The molecule has 0 unspecified atom stereocenters. The van der Waals surface area contributed by atoms with Gasteiger partial charge in [0.15, 0.2) is 11.4 Å². The van der Waals surface area contributed by atoms with Gasteiger partial charge in [0.1, 0.15) is 5.82 Å². The summed E-state index contributed by atoms with van der Waals surface area (Å²) in [5.74, 6) is -2.27. The molecule has 2 rings (SSSR count). The number of aryl methyl sites for hydroxylation is 1. The van der Waals surface area contributed by atoms with Crippen LogP contribution in [0, 0.1) is 12.7 Å². The second-order valence-electron chi connectivity index (χ2n) is 4.68. The summed E-state index contributed by atoms with van der Waals surface area (Å²) in [5, 5.41) is 31.3. The van der Waals surface area contributed by atoms with Crippen LogP contribution in [-0.4, -0.2) is 26.3 Å². The molecule has 0 spiro atoms. The molecule has 22 heavy (non-hydrogen) atoms. The SMILES string of the molecule is Cc1nc(C(=O)O)c(O)c(CO)c1CNc1ccc(F)cc1. The summed E-state index contributed by atoms with van der Waals surface area (Å²) in [4.78, 5) is 14.9. The van der Waals surface area contributed by atoms with Crippen LogP contribution in [0.25, 0.3) is 0 Å². The van der Waals surface area contributed by atoms with Crippen LogP contribution in [0.4, 0.5) is 10.1 Å². The Bertz CT molecular complexity index is 702. The lowest BCUT2D eigenvalue weighted by molar-refractivity contribution is 0.0686. The molecular formula is C15H15FN2O4. The van der Waals surface area contributed by atoms with Crippen molar-refractivity contribution in [3.8, 4) is 5.75 Å². The normalized spacial score (nSPS) is 10.5. The average Bonchev–Trinajstić information content (AvgIpc) is 2.49. The Morgan fingerprint density at radius 1 is 1.27 bits per heavy atom. The number of aromatic nitrogens is 1. The summed E-state index contributed by atoms with van der Waals surface area (Å²) >= 11 is 0. The summed E-state index contributed by atoms with van der Waals surface area (Å²) < 4.78 is 12.8. The number of nitrogens with zero attached hydrogens (tertiary/aromatic N) is 1. The van der Waals surface area contributed by atoms with Crippen LogP contribution in [0.3, 0.4) is 0 Å². The molecule has 0 fully saturated rings. The Hall–Kier alpha value is -2.67. The maximum atomic E-state index is 12.8. The smallest absolute Gasteiger partial charge is 0.358 e. The van der Waals surface area contributed by atoms with E-state index < -0.39 is 24.0 Å². The lowest BCUT2D eigenvalue weighted by Crippen LogP contribution is -2.12. The van der Waals surface area contributed by atoms with Gasteiger partial charge >= 0.3 is 5.97 Å². The predicted octanol–water partition coefficient (Wildman–Crippen LogP) is 2.04. The second kappa shape index (κ2) is 6.40. The molecule has 0 saturated heterocycles. The van der Waals surface area contributed by atoms with E-state index >= 15 is 0 Å². The molecule has 0 radical (unpaired) electrons. The lowest BCUT2D eigenvalue weighted by Gasteiger charge is -2.15. The average molecular weight is 306 g/mol. The molecule has 1 aromatic heterocycles. The first kappa shape index (κ1) is 15.7. The molecule has 0 aliphatic rings. The van der Waals surface area contributed by atoms with Crippen molar-refractivity contribution in [1.29, 1.82) is 0 Å². The highest BCUT2D eigenvalue weighted by Gasteiger charge is 2.20. The van der Waals surface area contributed by atoms with Crippen LogP contribution < -0.4 is 5.32 Å². The number of hydrogen-bond donors (Lipinski definition) is 4. The number of carboxylic acid groups (broad SMARTS) is 1. The van der Waals surface area contributed by atoms with Crippen LogP contribution in [0.1, 0.15) is 27.3 Å². The number of halogens is 1. The largest absolute Gasteiger partial charge is 0.505 e. The predicted molar refractivity (Wildman–Crippen MR) is 77.2 cm³/mol. The van der Waals surface area contributed by atoms with E-state index in [1.54, 1.807) is 19.1 Å². The van der Waals surface area contributed by atoms with E-state index in [9.17, 15) is 19.4 Å². The van der Waals surface area contributed by atoms with Crippen LogP contribution in [0.5, 0.6) is 5.75 Å². The minimum Gasteiger partial charge on any atom is -0.505 e. The quantitative estimate of drug-likeness (QED) is 0.674. The van der Waals surface area contributed by atoms with E-state index in [1.165, 1.54) is 12.1 Å². The van der Waals surface area contributed by atoms with Gasteiger partial charge < -0.3 is 20.6 Å².